The second kappa shape index (κ2) is 6.17. The minimum absolute atomic E-state index is 0.00181. The monoisotopic (exact) mass is 364 g/mol. The van der Waals surface area contributed by atoms with Gasteiger partial charge in [-0.3, -0.25) is 4.98 Å². The van der Waals surface area contributed by atoms with E-state index in [1.165, 1.54) is 0 Å². The highest BCUT2D eigenvalue weighted by molar-refractivity contribution is 9.10. The molecule has 0 aliphatic carbocycles. The number of aromatic nitrogens is 1. The van der Waals surface area contributed by atoms with E-state index in [1.54, 1.807) is 0 Å². The topological polar surface area (TPSA) is 25.4 Å². The van der Waals surface area contributed by atoms with Crippen molar-refractivity contribution in [3.05, 3.63) is 35.1 Å². The molecule has 0 spiro atoms. The Kier molecular flexibility index (Phi) is 4.83. The zero-order chi connectivity index (χ0) is 16.5. The fraction of sp³-hybridized carbons (Fsp3) is 0.500. The Hall–Kier alpha value is -1.13. The second-order valence-corrected chi connectivity index (χ2v) is 7.96. The molecule has 2 aromatic rings. The number of rotatable bonds is 5. The summed E-state index contributed by atoms with van der Waals surface area (Å²) in [5.41, 5.74) is 0.0224. The number of benzene rings is 1. The van der Waals surface area contributed by atoms with Crippen LogP contribution in [0.2, 0.25) is 0 Å². The molecule has 0 atom stereocenters. The molecule has 1 heterocycles. The van der Waals surface area contributed by atoms with Gasteiger partial charge in [0, 0.05) is 38.6 Å². The summed E-state index contributed by atoms with van der Waals surface area (Å²) in [6, 6.07) is 6.08. The van der Waals surface area contributed by atoms with Crippen LogP contribution in [0, 0.1) is 5.41 Å². The molecule has 4 heteroatoms. The van der Waals surface area contributed by atoms with Crippen LogP contribution in [-0.2, 0) is 0 Å². The molecule has 1 aromatic carbocycles. The molecule has 120 valence electrons. The van der Waals surface area contributed by atoms with Crippen molar-refractivity contribution in [3.63, 3.8) is 0 Å². The zero-order valence-corrected chi connectivity index (χ0v) is 15.9. The Bertz CT molecular complexity index is 660. The number of halogens is 1. The molecule has 0 fully saturated rings. The van der Waals surface area contributed by atoms with Crippen LogP contribution >= 0.6 is 15.9 Å². The minimum Gasteiger partial charge on any atom is -0.492 e. The first-order chi connectivity index (χ1) is 10.2. The highest BCUT2D eigenvalue weighted by atomic mass is 79.9. The van der Waals surface area contributed by atoms with Crippen LogP contribution in [-0.4, -0.2) is 36.1 Å². The van der Waals surface area contributed by atoms with Crippen molar-refractivity contribution in [1.29, 1.82) is 0 Å². The average Bonchev–Trinajstić information content (AvgIpc) is 2.45. The SMILES string of the molecule is CN(C)C(C)(C)C(C)(C)COc1cccc2cncc(Br)c12. The molecule has 0 unspecified atom stereocenters. The van der Waals surface area contributed by atoms with E-state index < -0.39 is 0 Å². The summed E-state index contributed by atoms with van der Waals surface area (Å²) in [6.07, 6.45) is 3.67. The Morgan fingerprint density at radius 3 is 2.45 bits per heavy atom. The molecule has 2 rings (SSSR count). The van der Waals surface area contributed by atoms with E-state index in [-0.39, 0.29) is 11.0 Å². The number of fused-ring (bicyclic) bond motifs is 1. The smallest absolute Gasteiger partial charge is 0.128 e. The number of hydrogen-bond donors (Lipinski definition) is 0. The van der Waals surface area contributed by atoms with Crippen LogP contribution in [0.4, 0.5) is 0 Å². The van der Waals surface area contributed by atoms with E-state index >= 15 is 0 Å². The van der Waals surface area contributed by atoms with Gasteiger partial charge < -0.3 is 9.64 Å². The molecule has 0 aliphatic heterocycles. The van der Waals surface area contributed by atoms with Gasteiger partial charge in [0.2, 0.25) is 0 Å². The summed E-state index contributed by atoms with van der Waals surface area (Å²) in [5, 5.41) is 2.16. The van der Waals surface area contributed by atoms with E-state index in [0.717, 1.165) is 21.0 Å². The van der Waals surface area contributed by atoms with Crippen LogP contribution in [0.1, 0.15) is 27.7 Å². The lowest BCUT2D eigenvalue weighted by Gasteiger charge is -2.46. The molecule has 1 aromatic heterocycles. The molecule has 22 heavy (non-hydrogen) atoms. The minimum atomic E-state index is -0.00181. The van der Waals surface area contributed by atoms with Crippen LogP contribution in [0.3, 0.4) is 0 Å². The molecule has 0 N–H and O–H groups in total. The molecule has 0 saturated heterocycles. The van der Waals surface area contributed by atoms with E-state index in [4.69, 9.17) is 4.74 Å². The lowest BCUT2D eigenvalue weighted by Crippen LogP contribution is -2.53. The standard InChI is InChI=1S/C18H25BrN2O/c1-17(2,18(3,4)21(5)6)12-22-15-9-7-8-13-10-20-11-14(19)16(13)15/h7-11H,12H2,1-6H3. The lowest BCUT2D eigenvalue weighted by atomic mass is 9.74. The molecule has 0 saturated carbocycles. The van der Waals surface area contributed by atoms with Crippen molar-refractivity contribution >= 4 is 26.7 Å². The van der Waals surface area contributed by atoms with Gasteiger partial charge in [-0.1, -0.05) is 26.0 Å². The Morgan fingerprint density at radius 1 is 1.14 bits per heavy atom. The third kappa shape index (κ3) is 3.13. The summed E-state index contributed by atoms with van der Waals surface area (Å²) in [5.74, 6) is 0.898. The first-order valence-electron chi connectivity index (χ1n) is 7.49. The predicted octanol–water partition coefficient (Wildman–Crippen LogP) is 4.74. The van der Waals surface area contributed by atoms with Crippen molar-refractivity contribution in [1.82, 2.24) is 9.88 Å². The van der Waals surface area contributed by atoms with Crippen LogP contribution in [0.15, 0.2) is 35.1 Å². The molecule has 0 radical (unpaired) electrons. The number of hydrogen-bond acceptors (Lipinski definition) is 3. The van der Waals surface area contributed by atoms with Crippen molar-refractivity contribution in [2.45, 2.75) is 33.2 Å². The maximum absolute atomic E-state index is 6.22. The maximum Gasteiger partial charge on any atom is 0.128 e. The van der Waals surface area contributed by atoms with E-state index in [1.807, 2.05) is 24.5 Å². The van der Waals surface area contributed by atoms with Gasteiger partial charge in [0.1, 0.15) is 5.75 Å². The van der Waals surface area contributed by atoms with Crippen molar-refractivity contribution in [3.8, 4) is 5.75 Å². The summed E-state index contributed by atoms with van der Waals surface area (Å²) in [7, 11) is 4.23. The second-order valence-electron chi connectivity index (χ2n) is 7.10. The zero-order valence-electron chi connectivity index (χ0n) is 14.3. The number of nitrogens with zero attached hydrogens (tertiary/aromatic N) is 2. The van der Waals surface area contributed by atoms with Crippen LogP contribution in [0.5, 0.6) is 5.75 Å². The molecule has 3 nitrogen and oxygen atoms in total. The average molecular weight is 365 g/mol. The summed E-state index contributed by atoms with van der Waals surface area (Å²) in [4.78, 5) is 6.47. The summed E-state index contributed by atoms with van der Waals surface area (Å²) >= 11 is 3.58. The van der Waals surface area contributed by atoms with Gasteiger partial charge in [0.05, 0.1) is 6.61 Å². The third-order valence-corrected chi connectivity index (χ3v) is 5.66. The van der Waals surface area contributed by atoms with Crippen LogP contribution in [0.25, 0.3) is 10.8 Å². The highest BCUT2D eigenvalue weighted by Gasteiger charge is 2.39. The Balaban J connectivity index is 2.29. The molecule has 0 bridgehead atoms. The largest absolute Gasteiger partial charge is 0.492 e. The highest BCUT2D eigenvalue weighted by Crippen LogP contribution is 2.37. The van der Waals surface area contributed by atoms with Gasteiger partial charge in [0.25, 0.3) is 0 Å². The quantitative estimate of drug-likeness (QED) is 0.765. The molecular formula is C18H25BrN2O. The first-order valence-corrected chi connectivity index (χ1v) is 8.28. The number of ether oxygens (including phenoxy) is 1. The third-order valence-electron chi connectivity index (χ3n) is 5.06. The first kappa shape index (κ1) is 17.2. The van der Waals surface area contributed by atoms with E-state index in [0.29, 0.717) is 6.61 Å². The normalized spacial score (nSPS) is 12.9. The Labute approximate surface area is 141 Å². The fourth-order valence-corrected chi connectivity index (χ4v) is 2.86. The molecule has 0 amide bonds. The number of pyridine rings is 1. The van der Waals surface area contributed by atoms with Gasteiger partial charge in [-0.2, -0.15) is 0 Å². The summed E-state index contributed by atoms with van der Waals surface area (Å²) < 4.78 is 7.18. The van der Waals surface area contributed by atoms with E-state index in [2.05, 4.69) is 73.7 Å². The fourth-order valence-electron chi connectivity index (χ4n) is 2.32. The van der Waals surface area contributed by atoms with Crippen LogP contribution < -0.4 is 4.74 Å². The maximum atomic E-state index is 6.22. The predicted molar refractivity (Wildman–Crippen MR) is 96.5 cm³/mol. The van der Waals surface area contributed by atoms with Gasteiger partial charge >= 0.3 is 0 Å². The van der Waals surface area contributed by atoms with Gasteiger partial charge in [-0.15, -0.1) is 0 Å². The van der Waals surface area contributed by atoms with E-state index in [9.17, 15) is 0 Å². The molecular weight excluding hydrogens is 340 g/mol. The van der Waals surface area contributed by atoms with Crippen molar-refractivity contribution < 1.29 is 4.74 Å². The van der Waals surface area contributed by atoms with Gasteiger partial charge in [0.15, 0.2) is 0 Å². The molecule has 0 aliphatic rings. The Morgan fingerprint density at radius 2 is 1.82 bits per heavy atom. The summed E-state index contributed by atoms with van der Waals surface area (Å²) in [6.45, 7) is 9.63. The van der Waals surface area contributed by atoms with Gasteiger partial charge in [-0.25, -0.2) is 0 Å². The lowest BCUT2D eigenvalue weighted by molar-refractivity contribution is 0.0133. The van der Waals surface area contributed by atoms with Gasteiger partial charge in [-0.05, 0) is 49.9 Å². The van der Waals surface area contributed by atoms with Crippen molar-refractivity contribution in [2.24, 2.45) is 5.41 Å². The van der Waals surface area contributed by atoms with Crippen molar-refractivity contribution in [2.75, 3.05) is 20.7 Å².